The molecule has 0 amide bonds. The van der Waals surface area contributed by atoms with Crippen LogP contribution >= 0.6 is 0 Å². The van der Waals surface area contributed by atoms with Gasteiger partial charge in [-0.15, -0.1) is 0 Å². The van der Waals surface area contributed by atoms with Gasteiger partial charge in [-0.25, -0.2) is 0 Å². The van der Waals surface area contributed by atoms with Gasteiger partial charge in [0.1, 0.15) is 18.5 Å². The summed E-state index contributed by atoms with van der Waals surface area (Å²) < 4.78 is 79.4. The summed E-state index contributed by atoms with van der Waals surface area (Å²) in [6.07, 6.45) is -11.0. The quantitative estimate of drug-likeness (QED) is 0.356. The molecule has 0 heterocycles. The molecule has 0 aromatic heterocycles. The summed E-state index contributed by atoms with van der Waals surface area (Å²) in [5, 5.41) is 15.0. The lowest BCUT2D eigenvalue weighted by Gasteiger charge is -2.15. The fourth-order valence-electron chi connectivity index (χ4n) is 1.87. The number of aliphatic hydroxyl groups excluding tert-OH is 1. The fourth-order valence-corrected chi connectivity index (χ4v) is 1.87. The largest absolute Gasteiger partial charge is 0.491 e. The zero-order valence-electron chi connectivity index (χ0n) is 14.5. The summed E-state index contributed by atoms with van der Waals surface area (Å²) >= 11 is 0. The highest BCUT2D eigenvalue weighted by Crippen LogP contribution is 2.31. The molecule has 0 aliphatic rings. The molecule has 0 bridgehead atoms. The molecule has 1 aromatic rings. The average Bonchev–Trinajstić information content (AvgIpc) is 2.56. The Labute approximate surface area is 152 Å². The topological polar surface area (TPSA) is 65.9 Å². The van der Waals surface area contributed by atoms with E-state index in [1.54, 1.807) is 6.92 Å². The van der Waals surface area contributed by atoms with E-state index in [1.165, 1.54) is 12.1 Å². The Kier molecular flexibility index (Phi) is 8.67. The predicted molar refractivity (Wildman–Crippen MR) is 87.6 cm³/mol. The molecule has 27 heavy (non-hydrogen) atoms. The summed E-state index contributed by atoms with van der Waals surface area (Å²) in [6.45, 7) is 1.20. The number of hydrogen-bond donors (Lipinski definition) is 3. The molecule has 0 aliphatic carbocycles. The summed E-state index contributed by atoms with van der Waals surface area (Å²) in [5.74, 6) is 0.0166. The first-order valence-corrected chi connectivity index (χ1v) is 8.08. The average molecular weight is 401 g/mol. The van der Waals surface area contributed by atoms with Crippen molar-refractivity contribution in [1.82, 2.24) is 10.6 Å². The Morgan fingerprint density at radius 3 is 2.48 bits per heavy atom. The molecule has 0 spiro atoms. The van der Waals surface area contributed by atoms with Crippen molar-refractivity contribution in [3.05, 3.63) is 29.8 Å². The Bertz CT molecular complexity index is 605. The van der Waals surface area contributed by atoms with E-state index >= 15 is 0 Å². The molecule has 1 unspecified atom stereocenters. The van der Waals surface area contributed by atoms with E-state index in [9.17, 15) is 31.4 Å². The van der Waals surface area contributed by atoms with Crippen molar-refractivity contribution in [3.8, 4) is 5.75 Å². The van der Waals surface area contributed by atoms with Gasteiger partial charge in [0.2, 0.25) is 0 Å². The first kappa shape index (κ1) is 22.9. The normalized spacial score (nSPS) is 14.0. The zero-order chi connectivity index (χ0) is 20.5. The molecule has 1 aromatic carbocycles. The van der Waals surface area contributed by atoms with Gasteiger partial charge < -0.3 is 20.5 Å². The summed E-state index contributed by atoms with van der Waals surface area (Å²) in [6, 6.07) is 4.19. The lowest BCUT2D eigenvalue weighted by atomic mass is 10.2. The highest BCUT2D eigenvalue weighted by Gasteiger charge is 2.30. The van der Waals surface area contributed by atoms with Crippen LogP contribution in [0.15, 0.2) is 29.3 Å². The minimum Gasteiger partial charge on any atom is -0.491 e. The van der Waals surface area contributed by atoms with E-state index < -0.39 is 30.4 Å². The zero-order valence-corrected chi connectivity index (χ0v) is 14.5. The standard InChI is InChI=1S/C16H21F6N3O2/c1-2-23-14(24-7-6-15(17,18)19)25-9-12(26)10-27-13-5-3-4-11(8-13)16(20,21)22/h3-5,8,12,26H,2,6-7,9-10H2,1H3,(H2,23,24,25). The van der Waals surface area contributed by atoms with Crippen molar-refractivity contribution in [2.24, 2.45) is 4.99 Å². The summed E-state index contributed by atoms with van der Waals surface area (Å²) in [4.78, 5) is 3.92. The Morgan fingerprint density at radius 2 is 1.89 bits per heavy atom. The summed E-state index contributed by atoms with van der Waals surface area (Å²) in [5.41, 5.74) is -0.879. The summed E-state index contributed by atoms with van der Waals surface area (Å²) in [7, 11) is 0. The number of alkyl halides is 6. The third-order valence-electron chi connectivity index (χ3n) is 3.11. The second kappa shape index (κ2) is 10.2. The van der Waals surface area contributed by atoms with E-state index in [2.05, 4.69) is 15.6 Å². The van der Waals surface area contributed by atoms with E-state index in [0.29, 0.717) is 6.54 Å². The van der Waals surface area contributed by atoms with Crippen LogP contribution in [-0.4, -0.2) is 49.6 Å². The van der Waals surface area contributed by atoms with Crippen LogP contribution in [0.1, 0.15) is 18.9 Å². The lowest BCUT2D eigenvalue weighted by Crippen LogP contribution is -2.39. The molecule has 1 rings (SSSR count). The maximum Gasteiger partial charge on any atom is 0.416 e. The highest BCUT2D eigenvalue weighted by molar-refractivity contribution is 5.79. The Morgan fingerprint density at radius 1 is 1.19 bits per heavy atom. The van der Waals surface area contributed by atoms with E-state index in [0.717, 1.165) is 12.1 Å². The molecule has 0 fully saturated rings. The highest BCUT2D eigenvalue weighted by atomic mass is 19.4. The van der Waals surface area contributed by atoms with Gasteiger partial charge >= 0.3 is 12.4 Å². The van der Waals surface area contributed by atoms with Crippen molar-refractivity contribution in [1.29, 1.82) is 0 Å². The fraction of sp³-hybridized carbons (Fsp3) is 0.562. The molecule has 1 atom stereocenters. The minimum absolute atomic E-state index is 0.0666. The van der Waals surface area contributed by atoms with Gasteiger partial charge in [-0.1, -0.05) is 6.07 Å². The van der Waals surface area contributed by atoms with Gasteiger partial charge in [0, 0.05) is 13.1 Å². The van der Waals surface area contributed by atoms with Gasteiger partial charge in [-0.3, -0.25) is 4.99 Å². The predicted octanol–water partition coefficient (Wildman–Crippen LogP) is 2.95. The molecule has 5 nitrogen and oxygen atoms in total. The Hall–Kier alpha value is -2.17. The van der Waals surface area contributed by atoms with Gasteiger partial charge in [-0.05, 0) is 25.1 Å². The number of rotatable bonds is 8. The van der Waals surface area contributed by atoms with Crippen LogP contribution in [0, 0.1) is 0 Å². The third kappa shape index (κ3) is 9.92. The first-order chi connectivity index (χ1) is 12.5. The molecule has 0 aliphatic heterocycles. The van der Waals surface area contributed by atoms with Gasteiger partial charge in [-0.2, -0.15) is 26.3 Å². The number of hydrogen-bond acceptors (Lipinski definition) is 3. The number of aliphatic imine (C=N–C) groups is 1. The van der Waals surface area contributed by atoms with Gasteiger partial charge in [0.05, 0.1) is 18.5 Å². The van der Waals surface area contributed by atoms with Crippen LogP contribution in [0.5, 0.6) is 5.75 Å². The maximum absolute atomic E-state index is 12.6. The molecule has 0 saturated heterocycles. The van der Waals surface area contributed by atoms with Crippen molar-refractivity contribution < 1.29 is 36.2 Å². The molecule has 3 N–H and O–H groups in total. The van der Waals surface area contributed by atoms with Crippen molar-refractivity contribution >= 4 is 5.96 Å². The van der Waals surface area contributed by atoms with Crippen LogP contribution in [0.4, 0.5) is 26.3 Å². The number of aliphatic hydroxyl groups is 1. The molecule has 11 heteroatoms. The third-order valence-corrected chi connectivity index (χ3v) is 3.11. The van der Waals surface area contributed by atoms with Crippen LogP contribution in [0.2, 0.25) is 0 Å². The monoisotopic (exact) mass is 401 g/mol. The van der Waals surface area contributed by atoms with E-state index in [1.807, 2.05) is 0 Å². The van der Waals surface area contributed by atoms with Gasteiger partial charge in [0.15, 0.2) is 5.96 Å². The number of nitrogens with zero attached hydrogens (tertiary/aromatic N) is 1. The number of nitrogens with one attached hydrogen (secondary N) is 2. The number of ether oxygens (including phenoxy) is 1. The second-order valence-electron chi connectivity index (χ2n) is 5.50. The smallest absolute Gasteiger partial charge is 0.416 e. The minimum atomic E-state index is -4.51. The van der Waals surface area contributed by atoms with Gasteiger partial charge in [0.25, 0.3) is 0 Å². The molecule has 0 saturated carbocycles. The van der Waals surface area contributed by atoms with E-state index in [-0.39, 0.29) is 31.4 Å². The van der Waals surface area contributed by atoms with Crippen LogP contribution in [-0.2, 0) is 6.18 Å². The van der Waals surface area contributed by atoms with Crippen LogP contribution in [0.25, 0.3) is 0 Å². The van der Waals surface area contributed by atoms with Crippen molar-refractivity contribution in [3.63, 3.8) is 0 Å². The van der Waals surface area contributed by atoms with Crippen molar-refractivity contribution in [2.45, 2.75) is 31.8 Å². The molecule has 154 valence electrons. The molecular weight excluding hydrogens is 380 g/mol. The number of halogens is 6. The first-order valence-electron chi connectivity index (χ1n) is 8.08. The number of guanidine groups is 1. The van der Waals surface area contributed by atoms with E-state index in [4.69, 9.17) is 4.74 Å². The van der Waals surface area contributed by atoms with Crippen LogP contribution in [0.3, 0.4) is 0 Å². The van der Waals surface area contributed by atoms with Crippen molar-refractivity contribution in [2.75, 3.05) is 26.2 Å². The SMILES string of the molecule is CCNC(=NCC(O)COc1cccc(C(F)(F)F)c1)NCCC(F)(F)F. The maximum atomic E-state index is 12.6. The Balaban J connectivity index is 2.51. The second-order valence-corrected chi connectivity index (χ2v) is 5.50. The molecule has 0 radical (unpaired) electrons. The molecular formula is C16H21F6N3O2. The van der Waals surface area contributed by atoms with Crippen LogP contribution < -0.4 is 15.4 Å². The lowest BCUT2D eigenvalue weighted by molar-refractivity contribution is -0.137. The number of benzene rings is 1.